The fraction of sp³-hybridized carbons (Fsp3) is 0.130. The summed E-state index contributed by atoms with van der Waals surface area (Å²) in [6.07, 6.45) is -2.59. The topological polar surface area (TPSA) is 46.4 Å². The maximum absolute atomic E-state index is 13.3. The lowest BCUT2D eigenvalue weighted by Crippen LogP contribution is -2.17. The second kappa shape index (κ2) is 8.22. The molecule has 0 spiro atoms. The van der Waals surface area contributed by atoms with Crippen LogP contribution in [0, 0.1) is 5.82 Å². The number of pyridine rings is 1. The molecule has 0 fully saturated rings. The van der Waals surface area contributed by atoms with E-state index in [2.05, 4.69) is 10.3 Å². The molecule has 8 heteroatoms. The molecular weight excluding hydrogens is 410 g/mol. The van der Waals surface area contributed by atoms with Crippen molar-refractivity contribution in [1.29, 1.82) is 0 Å². The van der Waals surface area contributed by atoms with Crippen molar-refractivity contribution in [1.82, 2.24) is 9.38 Å². The number of aryl methyl sites for hydroxylation is 1. The molecule has 2 aromatic heterocycles. The SMILES string of the molecule is O=C(CCc1c(-c2ccc(F)cc2)nc2ccccn12)Nc1ccccc1C(F)(F)F. The first-order chi connectivity index (χ1) is 14.8. The van der Waals surface area contributed by atoms with Gasteiger partial charge in [0, 0.05) is 18.2 Å². The molecule has 0 aliphatic rings. The number of alkyl halides is 3. The number of carbonyl (C=O) groups is 1. The van der Waals surface area contributed by atoms with E-state index in [1.54, 1.807) is 24.4 Å². The van der Waals surface area contributed by atoms with Crippen LogP contribution in [0.25, 0.3) is 16.9 Å². The highest BCUT2D eigenvalue weighted by Crippen LogP contribution is 2.34. The van der Waals surface area contributed by atoms with Crippen molar-refractivity contribution in [3.63, 3.8) is 0 Å². The van der Waals surface area contributed by atoms with Gasteiger partial charge in [-0.05, 0) is 55.0 Å². The van der Waals surface area contributed by atoms with Gasteiger partial charge in [0.05, 0.1) is 22.6 Å². The van der Waals surface area contributed by atoms with Gasteiger partial charge in [-0.25, -0.2) is 9.37 Å². The number of aromatic nitrogens is 2. The van der Waals surface area contributed by atoms with Crippen LogP contribution in [0.3, 0.4) is 0 Å². The highest BCUT2D eigenvalue weighted by Gasteiger charge is 2.33. The Bertz CT molecular complexity index is 1230. The Morgan fingerprint density at radius 2 is 1.68 bits per heavy atom. The average Bonchev–Trinajstić information content (AvgIpc) is 3.11. The summed E-state index contributed by atoms with van der Waals surface area (Å²) in [6, 6.07) is 16.1. The maximum Gasteiger partial charge on any atom is 0.418 e. The predicted octanol–water partition coefficient (Wildman–Crippen LogP) is 5.73. The van der Waals surface area contributed by atoms with Gasteiger partial charge in [0.25, 0.3) is 0 Å². The van der Waals surface area contributed by atoms with E-state index < -0.39 is 17.6 Å². The van der Waals surface area contributed by atoms with Crippen LogP contribution in [0.5, 0.6) is 0 Å². The highest BCUT2D eigenvalue weighted by molar-refractivity contribution is 5.91. The second-order valence-corrected chi connectivity index (χ2v) is 6.93. The lowest BCUT2D eigenvalue weighted by Gasteiger charge is -2.13. The van der Waals surface area contributed by atoms with Gasteiger partial charge in [-0.1, -0.05) is 18.2 Å². The molecule has 0 aliphatic heterocycles. The number of benzene rings is 2. The standard InChI is InChI=1S/C23H17F4N3O/c24-16-10-8-15(9-11-16)22-19(30-14-4-3-7-20(30)29-22)12-13-21(31)28-18-6-2-1-5-17(18)23(25,26)27/h1-11,14H,12-13H2,(H,28,31). The molecule has 1 amide bonds. The molecule has 158 valence electrons. The molecule has 0 atom stereocenters. The number of amides is 1. The first kappa shape index (κ1) is 20.6. The first-order valence-electron chi connectivity index (χ1n) is 9.51. The van der Waals surface area contributed by atoms with Crippen molar-refractivity contribution < 1.29 is 22.4 Å². The molecule has 0 saturated heterocycles. The van der Waals surface area contributed by atoms with Crippen molar-refractivity contribution in [2.24, 2.45) is 0 Å². The molecular formula is C23H17F4N3O. The van der Waals surface area contributed by atoms with Gasteiger partial charge in [0.2, 0.25) is 5.91 Å². The van der Waals surface area contributed by atoms with Crippen molar-refractivity contribution in [3.8, 4) is 11.3 Å². The Morgan fingerprint density at radius 1 is 0.968 bits per heavy atom. The Labute approximate surface area is 175 Å². The second-order valence-electron chi connectivity index (χ2n) is 6.93. The number of nitrogens with one attached hydrogen (secondary N) is 1. The molecule has 2 heterocycles. The molecule has 0 radical (unpaired) electrons. The molecule has 4 nitrogen and oxygen atoms in total. The van der Waals surface area contributed by atoms with E-state index in [1.807, 2.05) is 16.5 Å². The molecule has 1 N–H and O–H groups in total. The zero-order valence-corrected chi connectivity index (χ0v) is 16.2. The van der Waals surface area contributed by atoms with Gasteiger partial charge >= 0.3 is 6.18 Å². The molecule has 0 unspecified atom stereocenters. The third-order valence-electron chi connectivity index (χ3n) is 4.84. The fourth-order valence-corrected chi connectivity index (χ4v) is 3.41. The van der Waals surface area contributed by atoms with Crippen molar-refractivity contribution in [3.05, 3.63) is 90.0 Å². The number of hydrogen-bond donors (Lipinski definition) is 1. The van der Waals surface area contributed by atoms with Crippen LogP contribution in [0.15, 0.2) is 72.9 Å². The number of rotatable bonds is 5. The molecule has 0 aliphatic carbocycles. The van der Waals surface area contributed by atoms with Gasteiger partial charge < -0.3 is 9.72 Å². The van der Waals surface area contributed by atoms with Crippen LogP contribution < -0.4 is 5.32 Å². The van der Waals surface area contributed by atoms with Crippen LogP contribution in [0.4, 0.5) is 23.2 Å². The number of fused-ring (bicyclic) bond motifs is 1. The molecule has 2 aromatic carbocycles. The summed E-state index contributed by atoms with van der Waals surface area (Å²) < 4.78 is 54.6. The summed E-state index contributed by atoms with van der Waals surface area (Å²) >= 11 is 0. The third-order valence-corrected chi connectivity index (χ3v) is 4.84. The van der Waals surface area contributed by atoms with E-state index >= 15 is 0 Å². The Kier molecular flexibility index (Phi) is 5.46. The van der Waals surface area contributed by atoms with Crippen molar-refractivity contribution in [2.75, 3.05) is 5.32 Å². The molecule has 4 aromatic rings. The minimum atomic E-state index is -4.57. The molecule has 31 heavy (non-hydrogen) atoms. The van der Waals surface area contributed by atoms with E-state index in [-0.39, 0.29) is 24.3 Å². The van der Waals surface area contributed by atoms with Crippen LogP contribution in [-0.2, 0) is 17.4 Å². The minimum Gasteiger partial charge on any atom is -0.325 e. The zero-order valence-electron chi connectivity index (χ0n) is 16.2. The van der Waals surface area contributed by atoms with Crippen LogP contribution >= 0.6 is 0 Å². The maximum atomic E-state index is 13.3. The first-order valence-corrected chi connectivity index (χ1v) is 9.51. The summed E-state index contributed by atoms with van der Waals surface area (Å²) in [7, 11) is 0. The van der Waals surface area contributed by atoms with Gasteiger partial charge in [-0.15, -0.1) is 0 Å². The van der Waals surface area contributed by atoms with E-state index in [9.17, 15) is 22.4 Å². The van der Waals surface area contributed by atoms with Crippen molar-refractivity contribution in [2.45, 2.75) is 19.0 Å². The van der Waals surface area contributed by atoms with Crippen LogP contribution in [0.1, 0.15) is 17.7 Å². The van der Waals surface area contributed by atoms with Crippen molar-refractivity contribution >= 4 is 17.2 Å². The normalized spacial score (nSPS) is 11.6. The number of hydrogen-bond acceptors (Lipinski definition) is 2. The Balaban J connectivity index is 1.59. The van der Waals surface area contributed by atoms with E-state index in [4.69, 9.17) is 0 Å². The predicted molar refractivity (Wildman–Crippen MR) is 109 cm³/mol. The summed E-state index contributed by atoms with van der Waals surface area (Å²) in [5.41, 5.74) is 1.46. The number of halogens is 4. The summed E-state index contributed by atoms with van der Waals surface area (Å²) in [5, 5.41) is 2.36. The van der Waals surface area contributed by atoms with Crippen LogP contribution in [0.2, 0.25) is 0 Å². The van der Waals surface area contributed by atoms with E-state index in [0.717, 1.165) is 6.07 Å². The number of anilines is 1. The summed E-state index contributed by atoms with van der Waals surface area (Å²) in [5.74, 6) is -0.926. The monoisotopic (exact) mass is 427 g/mol. The van der Waals surface area contributed by atoms with E-state index in [0.29, 0.717) is 22.6 Å². The van der Waals surface area contributed by atoms with Gasteiger partial charge in [0.15, 0.2) is 0 Å². The lowest BCUT2D eigenvalue weighted by molar-refractivity contribution is -0.137. The third kappa shape index (κ3) is 4.42. The minimum absolute atomic E-state index is 0.0525. The molecule has 0 saturated carbocycles. The van der Waals surface area contributed by atoms with E-state index in [1.165, 1.54) is 30.3 Å². The Hall–Kier alpha value is -3.68. The zero-order chi connectivity index (χ0) is 22.0. The average molecular weight is 427 g/mol. The Morgan fingerprint density at radius 3 is 2.42 bits per heavy atom. The van der Waals surface area contributed by atoms with Gasteiger partial charge in [-0.2, -0.15) is 13.2 Å². The lowest BCUT2D eigenvalue weighted by atomic mass is 10.1. The number of imidazole rings is 1. The highest BCUT2D eigenvalue weighted by atomic mass is 19.4. The molecule has 0 bridgehead atoms. The van der Waals surface area contributed by atoms with Gasteiger partial charge in [0.1, 0.15) is 11.5 Å². The summed E-state index contributed by atoms with van der Waals surface area (Å²) in [4.78, 5) is 17.0. The number of carbonyl (C=O) groups excluding carboxylic acids is 1. The quantitative estimate of drug-likeness (QED) is 0.414. The molecule has 4 rings (SSSR count). The van der Waals surface area contributed by atoms with Crippen LogP contribution in [-0.4, -0.2) is 15.3 Å². The fourth-order valence-electron chi connectivity index (χ4n) is 3.41. The largest absolute Gasteiger partial charge is 0.418 e. The number of para-hydroxylation sites is 1. The smallest absolute Gasteiger partial charge is 0.325 e. The number of nitrogens with zero attached hydrogens (tertiary/aromatic N) is 2. The van der Waals surface area contributed by atoms with Gasteiger partial charge in [-0.3, -0.25) is 4.79 Å². The summed E-state index contributed by atoms with van der Waals surface area (Å²) in [6.45, 7) is 0.